The molecule has 0 aliphatic carbocycles. The quantitative estimate of drug-likeness (QED) is 0.481. The highest BCUT2D eigenvalue weighted by molar-refractivity contribution is 4.91. The fraction of sp³-hybridized carbons (Fsp3) is 1.00. The predicted octanol–water partition coefficient (Wildman–Crippen LogP) is 1.82. The molecule has 0 aromatic heterocycles. The molecule has 2 fully saturated rings. The van der Waals surface area contributed by atoms with Gasteiger partial charge in [0.05, 0.1) is 12.2 Å². The van der Waals surface area contributed by atoms with Crippen molar-refractivity contribution >= 4 is 0 Å². The number of hydrogen-bond acceptors (Lipinski definition) is 1. The zero-order valence-corrected chi connectivity index (χ0v) is 6.13. The van der Waals surface area contributed by atoms with Crippen molar-refractivity contribution in [2.75, 3.05) is 0 Å². The van der Waals surface area contributed by atoms with E-state index in [1.165, 1.54) is 12.8 Å². The van der Waals surface area contributed by atoms with Gasteiger partial charge in [-0.15, -0.1) is 0 Å². The Morgan fingerprint density at radius 2 is 1.44 bits per heavy atom. The minimum atomic E-state index is 0.616. The largest absolute Gasteiger partial charge is 0.374 e. The maximum atomic E-state index is 5.70. The average molecular weight is 126 g/mol. The molecule has 2 heterocycles. The molecule has 9 heavy (non-hydrogen) atoms. The lowest BCUT2D eigenvalue weighted by Crippen LogP contribution is -2.21. The summed E-state index contributed by atoms with van der Waals surface area (Å²) >= 11 is 0. The Labute approximate surface area is 56.4 Å². The van der Waals surface area contributed by atoms with Crippen LogP contribution in [0.4, 0.5) is 0 Å². The van der Waals surface area contributed by atoms with Gasteiger partial charge in [0.15, 0.2) is 0 Å². The van der Waals surface area contributed by atoms with Crippen molar-refractivity contribution < 1.29 is 4.74 Å². The van der Waals surface area contributed by atoms with E-state index in [0.717, 1.165) is 11.8 Å². The molecular weight excluding hydrogens is 112 g/mol. The average Bonchev–Trinajstić information content (AvgIpc) is 2.37. The molecule has 2 aliphatic heterocycles. The molecule has 1 nitrogen and oxygen atoms in total. The maximum Gasteiger partial charge on any atom is 0.0609 e. The Hall–Kier alpha value is -0.0400. The van der Waals surface area contributed by atoms with E-state index in [2.05, 4.69) is 13.8 Å². The molecule has 0 spiro atoms. The molecule has 0 radical (unpaired) electrons. The summed E-state index contributed by atoms with van der Waals surface area (Å²) in [4.78, 5) is 0. The first-order valence-corrected chi connectivity index (χ1v) is 3.94. The van der Waals surface area contributed by atoms with Crippen LogP contribution in [0, 0.1) is 11.8 Å². The second-order valence-electron chi connectivity index (χ2n) is 3.51. The van der Waals surface area contributed by atoms with Gasteiger partial charge in [-0.3, -0.25) is 0 Å². The van der Waals surface area contributed by atoms with E-state index in [-0.39, 0.29) is 0 Å². The third-order valence-corrected chi connectivity index (χ3v) is 3.09. The highest BCUT2D eigenvalue weighted by atomic mass is 16.5. The van der Waals surface area contributed by atoms with Crippen molar-refractivity contribution in [3.8, 4) is 0 Å². The van der Waals surface area contributed by atoms with Crippen LogP contribution < -0.4 is 0 Å². The summed E-state index contributed by atoms with van der Waals surface area (Å²) in [6.45, 7) is 4.63. The molecule has 2 aliphatic rings. The van der Waals surface area contributed by atoms with Gasteiger partial charge in [-0.1, -0.05) is 13.8 Å². The maximum absolute atomic E-state index is 5.70. The minimum Gasteiger partial charge on any atom is -0.374 e. The highest BCUT2D eigenvalue weighted by Gasteiger charge is 2.43. The van der Waals surface area contributed by atoms with E-state index >= 15 is 0 Å². The summed E-state index contributed by atoms with van der Waals surface area (Å²) < 4.78 is 5.70. The highest BCUT2D eigenvalue weighted by Crippen LogP contribution is 2.42. The molecule has 0 aromatic carbocycles. The Bertz CT molecular complexity index is 104. The van der Waals surface area contributed by atoms with E-state index in [4.69, 9.17) is 4.74 Å². The van der Waals surface area contributed by atoms with Crippen molar-refractivity contribution in [2.45, 2.75) is 38.9 Å². The molecule has 0 amide bonds. The smallest absolute Gasteiger partial charge is 0.0609 e. The van der Waals surface area contributed by atoms with Crippen LogP contribution in [-0.4, -0.2) is 12.2 Å². The van der Waals surface area contributed by atoms with E-state index in [1.54, 1.807) is 0 Å². The van der Waals surface area contributed by atoms with Crippen LogP contribution in [0.15, 0.2) is 0 Å². The lowest BCUT2D eigenvalue weighted by molar-refractivity contribution is 0.0897. The molecule has 2 saturated heterocycles. The van der Waals surface area contributed by atoms with Crippen LogP contribution in [0.1, 0.15) is 26.7 Å². The van der Waals surface area contributed by atoms with E-state index in [1.807, 2.05) is 0 Å². The molecular formula is C8H14O. The summed E-state index contributed by atoms with van der Waals surface area (Å²) in [5, 5.41) is 0. The monoisotopic (exact) mass is 126 g/mol. The van der Waals surface area contributed by atoms with E-state index in [9.17, 15) is 0 Å². The second kappa shape index (κ2) is 1.72. The number of fused-ring (bicyclic) bond motifs is 2. The normalized spacial score (nSPS) is 56.7. The van der Waals surface area contributed by atoms with E-state index in [0.29, 0.717) is 12.2 Å². The van der Waals surface area contributed by atoms with Crippen LogP contribution in [0.3, 0.4) is 0 Å². The molecule has 0 aromatic rings. The molecule has 0 N–H and O–H groups in total. The minimum absolute atomic E-state index is 0.616. The molecule has 0 unspecified atom stereocenters. The van der Waals surface area contributed by atoms with Crippen LogP contribution in [0.2, 0.25) is 0 Å². The van der Waals surface area contributed by atoms with Crippen molar-refractivity contribution in [1.29, 1.82) is 0 Å². The van der Waals surface area contributed by atoms with Crippen LogP contribution in [0.25, 0.3) is 0 Å². The molecule has 2 bridgehead atoms. The van der Waals surface area contributed by atoms with Crippen molar-refractivity contribution in [2.24, 2.45) is 11.8 Å². The van der Waals surface area contributed by atoms with Gasteiger partial charge in [-0.2, -0.15) is 0 Å². The molecule has 52 valence electrons. The first kappa shape index (κ1) is 5.72. The summed E-state index contributed by atoms with van der Waals surface area (Å²) in [7, 11) is 0. The first-order chi connectivity index (χ1) is 4.29. The summed E-state index contributed by atoms with van der Waals surface area (Å²) in [6.07, 6.45) is 3.86. The van der Waals surface area contributed by atoms with Crippen LogP contribution in [0.5, 0.6) is 0 Å². The second-order valence-corrected chi connectivity index (χ2v) is 3.51. The van der Waals surface area contributed by atoms with Crippen LogP contribution >= 0.6 is 0 Å². The van der Waals surface area contributed by atoms with Gasteiger partial charge in [0.1, 0.15) is 0 Å². The van der Waals surface area contributed by atoms with Gasteiger partial charge in [0.2, 0.25) is 0 Å². The zero-order valence-electron chi connectivity index (χ0n) is 6.13. The molecule has 4 atom stereocenters. The topological polar surface area (TPSA) is 9.23 Å². The Morgan fingerprint density at radius 1 is 1.00 bits per heavy atom. The van der Waals surface area contributed by atoms with Gasteiger partial charge < -0.3 is 4.74 Å². The van der Waals surface area contributed by atoms with Gasteiger partial charge in [0, 0.05) is 0 Å². The van der Waals surface area contributed by atoms with E-state index < -0.39 is 0 Å². The molecule has 2 rings (SSSR count). The third kappa shape index (κ3) is 0.644. The van der Waals surface area contributed by atoms with Gasteiger partial charge in [-0.05, 0) is 24.7 Å². The lowest BCUT2D eigenvalue weighted by atomic mass is 9.82. The summed E-state index contributed by atoms with van der Waals surface area (Å²) in [5.41, 5.74) is 0. The fourth-order valence-corrected chi connectivity index (χ4v) is 2.14. The number of hydrogen-bond donors (Lipinski definition) is 0. The van der Waals surface area contributed by atoms with Crippen molar-refractivity contribution in [1.82, 2.24) is 0 Å². The first-order valence-electron chi connectivity index (χ1n) is 3.94. The summed E-state index contributed by atoms with van der Waals surface area (Å²) in [5.74, 6) is 1.65. The van der Waals surface area contributed by atoms with Crippen molar-refractivity contribution in [3.63, 3.8) is 0 Å². The third-order valence-electron chi connectivity index (χ3n) is 3.09. The predicted molar refractivity (Wildman–Crippen MR) is 36.2 cm³/mol. The molecule has 0 saturated carbocycles. The zero-order chi connectivity index (χ0) is 6.43. The lowest BCUT2D eigenvalue weighted by Gasteiger charge is -2.19. The van der Waals surface area contributed by atoms with Gasteiger partial charge in [-0.25, -0.2) is 0 Å². The van der Waals surface area contributed by atoms with Crippen molar-refractivity contribution in [3.05, 3.63) is 0 Å². The Balaban J connectivity index is 2.15. The fourth-order valence-electron chi connectivity index (χ4n) is 2.14. The molecule has 1 heteroatoms. The van der Waals surface area contributed by atoms with Gasteiger partial charge in [0.25, 0.3) is 0 Å². The Morgan fingerprint density at radius 3 is 1.67 bits per heavy atom. The standard InChI is InChI=1S/C8H14O/c1-5-6(2)8-4-3-7(5)9-8/h5-8H,3-4H2,1-2H3/t5-,6-,7-,8+/m0/s1. The summed E-state index contributed by atoms with van der Waals surface area (Å²) in [6, 6.07) is 0. The van der Waals surface area contributed by atoms with Gasteiger partial charge >= 0.3 is 0 Å². The number of rotatable bonds is 0. The SMILES string of the molecule is C[C@H]1[C@H](C)[C@H]2CC[C@@H]1O2. The van der Waals surface area contributed by atoms with Crippen LogP contribution in [-0.2, 0) is 4.74 Å². The number of ether oxygens (including phenoxy) is 1. The Kier molecular flexibility index (Phi) is 1.10.